The van der Waals surface area contributed by atoms with Crippen LogP contribution in [-0.4, -0.2) is 15.9 Å². The van der Waals surface area contributed by atoms with Crippen molar-refractivity contribution in [1.29, 1.82) is 0 Å². The highest BCUT2D eigenvalue weighted by molar-refractivity contribution is 5.89. The van der Waals surface area contributed by atoms with Crippen LogP contribution in [-0.2, 0) is 25.8 Å². The molecular weight excluding hydrogens is 465 g/mol. The number of carbonyl (C=O) groups is 1. The molecule has 0 aliphatic heterocycles. The van der Waals surface area contributed by atoms with Gasteiger partial charge in [-0.05, 0) is 64.2 Å². The van der Waals surface area contributed by atoms with Crippen LogP contribution in [0.1, 0.15) is 22.3 Å². The highest BCUT2D eigenvalue weighted by atomic mass is 19.4. The Morgan fingerprint density at radius 2 is 1.53 bits per heavy atom. The first-order chi connectivity index (χ1) is 17.3. The van der Waals surface area contributed by atoms with Gasteiger partial charge in [-0.25, -0.2) is 4.79 Å². The highest BCUT2D eigenvalue weighted by Gasteiger charge is 2.30. The Kier molecular flexibility index (Phi) is 7.65. The summed E-state index contributed by atoms with van der Waals surface area (Å²) in [6, 6.07) is 23.5. The van der Waals surface area contributed by atoms with Gasteiger partial charge in [-0.1, -0.05) is 48.5 Å². The van der Waals surface area contributed by atoms with Crippen LogP contribution >= 0.6 is 0 Å². The van der Waals surface area contributed by atoms with E-state index < -0.39 is 17.8 Å². The van der Waals surface area contributed by atoms with E-state index in [4.69, 9.17) is 5.73 Å². The third-order valence-electron chi connectivity index (χ3n) is 5.67. The number of benzene rings is 3. The maximum absolute atomic E-state index is 13.1. The number of hydrogen-bond donors (Lipinski definition) is 2. The number of nitrogens with zero attached hydrogens (tertiary/aromatic N) is 2. The molecule has 0 spiro atoms. The first kappa shape index (κ1) is 24.9. The topological polar surface area (TPSA) is 71.2 Å². The van der Waals surface area contributed by atoms with Crippen molar-refractivity contribution in [3.63, 3.8) is 0 Å². The van der Waals surface area contributed by atoms with Crippen molar-refractivity contribution in [1.82, 2.24) is 9.88 Å². The van der Waals surface area contributed by atoms with Crippen molar-refractivity contribution in [3.05, 3.63) is 120 Å². The zero-order chi connectivity index (χ0) is 25.5. The van der Waals surface area contributed by atoms with Gasteiger partial charge < -0.3 is 16.0 Å². The van der Waals surface area contributed by atoms with E-state index in [0.717, 1.165) is 39.9 Å². The molecule has 4 aromatic rings. The van der Waals surface area contributed by atoms with Crippen molar-refractivity contribution >= 4 is 11.7 Å². The molecule has 0 aliphatic carbocycles. The first-order valence-electron chi connectivity index (χ1n) is 11.3. The summed E-state index contributed by atoms with van der Waals surface area (Å²) < 4.78 is 38.6. The molecule has 1 heterocycles. The fourth-order valence-corrected chi connectivity index (χ4v) is 3.76. The minimum absolute atomic E-state index is 0.277. The number of carbonyl (C=O) groups excluding carboxylic acids is 1. The van der Waals surface area contributed by atoms with Crippen molar-refractivity contribution < 1.29 is 18.0 Å². The molecule has 0 atom stereocenters. The average Bonchev–Trinajstić information content (AvgIpc) is 2.89. The zero-order valence-electron chi connectivity index (χ0n) is 19.4. The lowest BCUT2D eigenvalue weighted by Crippen LogP contribution is -2.34. The first-order valence-corrected chi connectivity index (χ1v) is 11.3. The summed E-state index contributed by atoms with van der Waals surface area (Å²) in [5.74, 6) is 0. The molecule has 36 heavy (non-hydrogen) atoms. The second kappa shape index (κ2) is 11.0. The van der Waals surface area contributed by atoms with E-state index in [-0.39, 0.29) is 12.2 Å². The Morgan fingerprint density at radius 3 is 2.17 bits per heavy atom. The summed E-state index contributed by atoms with van der Waals surface area (Å²) in [6.07, 6.45) is -1.12. The second-order valence-corrected chi connectivity index (χ2v) is 8.32. The van der Waals surface area contributed by atoms with Crippen LogP contribution in [0.4, 0.5) is 23.7 Å². The molecule has 3 N–H and O–H groups in total. The lowest BCUT2D eigenvalue weighted by molar-refractivity contribution is -0.137. The third kappa shape index (κ3) is 6.49. The summed E-state index contributed by atoms with van der Waals surface area (Å²) in [5.41, 5.74) is 10.1. The summed E-state index contributed by atoms with van der Waals surface area (Å²) in [7, 11) is 0. The molecule has 0 fully saturated rings. The van der Waals surface area contributed by atoms with E-state index in [0.29, 0.717) is 13.1 Å². The molecule has 3 aromatic carbocycles. The number of aromatic nitrogens is 1. The van der Waals surface area contributed by atoms with Gasteiger partial charge in [0.2, 0.25) is 0 Å². The lowest BCUT2D eigenvalue weighted by atomic mass is 10.0. The zero-order valence-corrected chi connectivity index (χ0v) is 19.4. The van der Waals surface area contributed by atoms with E-state index >= 15 is 0 Å². The SMILES string of the molecule is NCc1cccc(-c2ccc(CN(Cc3cccnc3)C(=O)Nc3ccc(C(F)(F)F)cc3)cc2)c1. The van der Waals surface area contributed by atoms with Crippen LogP contribution in [0.2, 0.25) is 0 Å². The summed E-state index contributed by atoms with van der Waals surface area (Å²) in [6.45, 7) is 1.04. The van der Waals surface area contributed by atoms with Crippen LogP contribution < -0.4 is 11.1 Å². The fraction of sp³-hybridized carbons (Fsp3) is 0.143. The summed E-state index contributed by atoms with van der Waals surface area (Å²) >= 11 is 0. The molecule has 0 unspecified atom stereocenters. The van der Waals surface area contributed by atoms with Gasteiger partial charge in [0.15, 0.2) is 0 Å². The number of hydrogen-bond acceptors (Lipinski definition) is 3. The minimum Gasteiger partial charge on any atom is -0.326 e. The van der Waals surface area contributed by atoms with Crippen LogP contribution in [0.3, 0.4) is 0 Å². The quantitative estimate of drug-likeness (QED) is 0.312. The number of nitrogens with one attached hydrogen (secondary N) is 1. The van der Waals surface area contributed by atoms with Crippen LogP contribution in [0.25, 0.3) is 11.1 Å². The number of nitrogens with two attached hydrogens (primary N) is 1. The molecule has 0 saturated carbocycles. The number of alkyl halides is 3. The molecule has 0 aliphatic rings. The van der Waals surface area contributed by atoms with E-state index in [1.807, 2.05) is 54.6 Å². The predicted octanol–water partition coefficient (Wildman–Crippen LogP) is 6.46. The molecule has 0 bridgehead atoms. The normalized spacial score (nSPS) is 11.2. The maximum atomic E-state index is 13.1. The Labute approximate surface area is 207 Å². The Hall–Kier alpha value is -4.17. The van der Waals surface area contributed by atoms with Gasteiger partial charge in [-0.2, -0.15) is 13.2 Å². The van der Waals surface area contributed by atoms with E-state index in [2.05, 4.69) is 10.3 Å². The van der Waals surface area contributed by atoms with Gasteiger partial charge in [0.05, 0.1) is 5.56 Å². The molecule has 4 rings (SSSR count). The van der Waals surface area contributed by atoms with Crippen LogP contribution in [0.5, 0.6) is 0 Å². The summed E-state index contributed by atoms with van der Waals surface area (Å²) in [5, 5.41) is 2.70. The number of anilines is 1. The Balaban J connectivity index is 1.51. The van der Waals surface area contributed by atoms with Gasteiger partial charge in [0.25, 0.3) is 0 Å². The lowest BCUT2D eigenvalue weighted by Gasteiger charge is -2.23. The molecule has 2 amide bonds. The molecular formula is C28H25F3N4O. The Bertz CT molecular complexity index is 1290. The van der Waals surface area contributed by atoms with Crippen LogP contribution in [0, 0.1) is 0 Å². The third-order valence-corrected chi connectivity index (χ3v) is 5.67. The van der Waals surface area contributed by atoms with Crippen molar-refractivity contribution in [2.24, 2.45) is 5.73 Å². The largest absolute Gasteiger partial charge is 0.416 e. The number of halogens is 3. The predicted molar refractivity (Wildman–Crippen MR) is 134 cm³/mol. The van der Waals surface area contributed by atoms with E-state index in [9.17, 15) is 18.0 Å². The van der Waals surface area contributed by atoms with Crippen molar-refractivity contribution in [2.45, 2.75) is 25.8 Å². The summed E-state index contributed by atoms with van der Waals surface area (Å²) in [4.78, 5) is 18.8. The Morgan fingerprint density at radius 1 is 0.833 bits per heavy atom. The minimum atomic E-state index is -4.44. The number of pyridine rings is 1. The molecule has 8 heteroatoms. The van der Waals surface area contributed by atoms with Gasteiger partial charge in [0.1, 0.15) is 0 Å². The van der Waals surface area contributed by atoms with Crippen molar-refractivity contribution in [2.75, 3.05) is 5.32 Å². The smallest absolute Gasteiger partial charge is 0.326 e. The second-order valence-electron chi connectivity index (χ2n) is 8.32. The molecule has 1 aromatic heterocycles. The highest BCUT2D eigenvalue weighted by Crippen LogP contribution is 2.30. The number of urea groups is 1. The molecule has 5 nitrogen and oxygen atoms in total. The van der Waals surface area contributed by atoms with Gasteiger partial charge in [0, 0.05) is 37.7 Å². The van der Waals surface area contributed by atoms with Crippen molar-refractivity contribution in [3.8, 4) is 11.1 Å². The van der Waals surface area contributed by atoms with E-state index in [1.165, 1.54) is 12.1 Å². The average molecular weight is 491 g/mol. The molecule has 0 saturated heterocycles. The van der Waals surface area contributed by atoms with Gasteiger partial charge in [-0.3, -0.25) is 4.98 Å². The monoisotopic (exact) mass is 490 g/mol. The molecule has 0 radical (unpaired) electrons. The van der Waals surface area contributed by atoms with E-state index in [1.54, 1.807) is 23.4 Å². The standard InChI is InChI=1S/C28H25F3N4O/c29-28(30,31)25-10-12-26(13-11-25)34-27(36)35(19-22-4-2-14-33-17-22)18-20-6-8-23(9-7-20)24-5-1-3-21(15-24)16-32/h1-15,17H,16,18-19,32H2,(H,34,36). The molecule has 184 valence electrons. The number of rotatable bonds is 7. The van der Waals surface area contributed by atoms with Crippen LogP contribution in [0.15, 0.2) is 97.3 Å². The fourth-order valence-electron chi connectivity index (χ4n) is 3.76. The maximum Gasteiger partial charge on any atom is 0.416 e. The van der Waals surface area contributed by atoms with Gasteiger partial charge in [-0.15, -0.1) is 0 Å². The van der Waals surface area contributed by atoms with Gasteiger partial charge >= 0.3 is 12.2 Å². The number of amides is 2.